The molecule has 0 rings (SSSR count). The molecule has 0 aliphatic rings. The van der Waals surface area contributed by atoms with Gasteiger partial charge in [0.05, 0.1) is 13.2 Å². The molecule has 0 aromatic rings. The van der Waals surface area contributed by atoms with E-state index >= 15 is 0 Å². The first-order valence-electron chi connectivity index (χ1n) is 5.81. The molecule has 0 heterocycles. The van der Waals surface area contributed by atoms with Crippen LogP contribution in [0.2, 0.25) is 0 Å². The Labute approximate surface area is 103 Å². The van der Waals surface area contributed by atoms with Crippen LogP contribution in [0, 0.1) is 0 Å². The van der Waals surface area contributed by atoms with Gasteiger partial charge in [0.15, 0.2) is 0 Å². The van der Waals surface area contributed by atoms with E-state index in [1.165, 1.54) is 11.4 Å². The van der Waals surface area contributed by atoms with Gasteiger partial charge in [-0.1, -0.05) is 13.8 Å². The molecule has 0 amide bonds. The maximum Gasteiger partial charge on any atom is 0.389 e. The zero-order valence-corrected chi connectivity index (χ0v) is 12.4. The Bertz CT molecular complexity index is 216. The zero-order chi connectivity index (χ0) is 12.7. The van der Waals surface area contributed by atoms with Gasteiger partial charge in [0.1, 0.15) is 0 Å². The highest BCUT2D eigenvalue weighted by Gasteiger charge is 2.37. The van der Waals surface area contributed by atoms with Crippen molar-refractivity contribution < 1.29 is 13.6 Å². The summed E-state index contributed by atoms with van der Waals surface area (Å²) in [6, 6.07) is 0. The lowest BCUT2D eigenvalue weighted by Crippen LogP contribution is -2.32. The minimum atomic E-state index is -3.05. The Morgan fingerprint density at radius 3 is 1.81 bits per heavy atom. The summed E-state index contributed by atoms with van der Waals surface area (Å²) in [5, 5.41) is 0. The van der Waals surface area contributed by atoms with Crippen molar-refractivity contribution in [2.75, 3.05) is 19.8 Å². The number of rotatable bonds is 9. The van der Waals surface area contributed by atoms with E-state index in [2.05, 4.69) is 0 Å². The predicted molar refractivity (Wildman–Crippen MR) is 70.8 cm³/mol. The molecule has 0 atom stereocenters. The number of nitrogens with two attached hydrogens (primary N) is 1. The number of hydrogen-bond acceptors (Lipinski definition) is 5. The molecule has 4 nitrogen and oxygen atoms in total. The quantitative estimate of drug-likeness (QED) is 0.650. The van der Waals surface area contributed by atoms with Crippen molar-refractivity contribution in [1.82, 2.24) is 0 Å². The summed E-state index contributed by atoms with van der Waals surface area (Å²) in [6.45, 7) is 5.92. The Balaban J connectivity index is 4.76. The second-order valence-corrected chi connectivity index (χ2v) is 7.82. The Hall–Kier alpha value is 0.460. The normalized spacial score (nSPS) is 13.1. The molecule has 2 N–H and O–H groups in total. The predicted octanol–water partition coefficient (Wildman–Crippen LogP) is 3.42. The standard InChI is InChI=1S/C10H24NO3PS/c1-5-10(6-2,9-11)16-15(12,13-7-3)14-8-4/h5-9,11H2,1-4H3. The van der Waals surface area contributed by atoms with E-state index in [1.807, 2.05) is 27.7 Å². The molecule has 0 bridgehead atoms. The highest BCUT2D eigenvalue weighted by molar-refractivity contribution is 8.55. The SMILES string of the molecule is CCOP(=O)(OCC)SC(CC)(CC)CN. The third-order valence-corrected chi connectivity index (χ3v) is 7.51. The monoisotopic (exact) mass is 269 g/mol. The molecule has 0 aromatic heterocycles. The summed E-state index contributed by atoms with van der Waals surface area (Å²) >= 11 is 1.27. The van der Waals surface area contributed by atoms with Crippen LogP contribution < -0.4 is 5.73 Å². The molecule has 0 radical (unpaired) electrons. The fraction of sp³-hybridized carbons (Fsp3) is 1.00. The van der Waals surface area contributed by atoms with E-state index in [9.17, 15) is 4.57 Å². The van der Waals surface area contributed by atoms with Crippen molar-refractivity contribution in [3.63, 3.8) is 0 Å². The van der Waals surface area contributed by atoms with Crippen LogP contribution in [0.5, 0.6) is 0 Å². The van der Waals surface area contributed by atoms with Crippen LogP contribution in [0.25, 0.3) is 0 Å². The second-order valence-electron chi connectivity index (χ2n) is 3.47. The molecule has 16 heavy (non-hydrogen) atoms. The van der Waals surface area contributed by atoms with Crippen LogP contribution in [0.3, 0.4) is 0 Å². The summed E-state index contributed by atoms with van der Waals surface area (Å²) in [4.78, 5) is 0. The van der Waals surface area contributed by atoms with Crippen LogP contribution in [0.4, 0.5) is 0 Å². The van der Waals surface area contributed by atoms with Gasteiger partial charge >= 0.3 is 6.80 Å². The lowest BCUT2D eigenvalue weighted by Gasteiger charge is -2.31. The average Bonchev–Trinajstić information content (AvgIpc) is 2.27. The maximum absolute atomic E-state index is 12.4. The molecule has 0 aliphatic carbocycles. The van der Waals surface area contributed by atoms with E-state index in [0.717, 1.165) is 12.8 Å². The summed E-state index contributed by atoms with van der Waals surface area (Å²) in [7, 11) is 0. The Morgan fingerprint density at radius 2 is 1.56 bits per heavy atom. The van der Waals surface area contributed by atoms with Crippen LogP contribution in [-0.4, -0.2) is 24.5 Å². The smallest absolute Gasteiger partial charge is 0.329 e. The fourth-order valence-corrected chi connectivity index (χ4v) is 6.34. The van der Waals surface area contributed by atoms with Crippen molar-refractivity contribution >= 4 is 18.2 Å². The molecular weight excluding hydrogens is 245 g/mol. The highest BCUT2D eigenvalue weighted by Crippen LogP contribution is 2.66. The summed E-state index contributed by atoms with van der Waals surface area (Å²) in [5.41, 5.74) is 5.78. The van der Waals surface area contributed by atoms with Gasteiger partial charge in [0.25, 0.3) is 0 Å². The minimum Gasteiger partial charge on any atom is -0.329 e. The van der Waals surface area contributed by atoms with Crippen molar-refractivity contribution in [2.45, 2.75) is 45.3 Å². The third kappa shape index (κ3) is 4.76. The molecule has 0 aliphatic heterocycles. The van der Waals surface area contributed by atoms with Crippen LogP contribution in [0.15, 0.2) is 0 Å². The molecule has 0 saturated heterocycles. The first-order valence-corrected chi connectivity index (χ1v) is 8.77. The van der Waals surface area contributed by atoms with Crippen LogP contribution >= 0.6 is 18.2 Å². The van der Waals surface area contributed by atoms with E-state index in [0.29, 0.717) is 19.8 Å². The van der Waals surface area contributed by atoms with E-state index in [-0.39, 0.29) is 4.75 Å². The summed E-state index contributed by atoms with van der Waals surface area (Å²) in [5.74, 6) is 0. The Kier molecular flexibility index (Phi) is 7.94. The van der Waals surface area contributed by atoms with E-state index in [4.69, 9.17) is 14.8 Å². The van der Waals surface area contributed by atoms with Gasteiger partial charge in [0, 0.05) is 11.3 Å². The molecule has 0 saturated carbocycles. The molecule has 0 aromatic carbocycles. The minimum absolute atomic E-state index is 0.208. The number of hydrogen-bond donors (Lipinski definition) is 1. The molecule has 98 valence electrons. The molecule has 6 heteroatoms. The lowest BCUT2D eigenvalue weighted by molar-refractivity contribution is 0.236. The highest BCUT2D eigenvalue weighted by atomic mass is 32.7. The second kappa shape index (κ2) is 7.72. The van der Waals surface area contributed by atoms with Crippen molar-refractivity contribution in [1.29, 1.82) is 0 Å². The topological polar surface area (TPSA) is 61.5 Å². The average molecular weight is 269 g/mol. The van der Waals surface area contributed by atoms with Crippen molar-refractivity contribution in [2.24, 2.45) is 5.73 Å². The lowest BCUT2D eigenvalue weighted by atomic mass is 10.0. The molecule has 0 spiro atoms. The van der Waals surface area contributed by atoms with Gasteiger partial charge in [-0.3, -0.25) is 0 Å². The third-order valence-electron chi connectivity index (χ3n) is 2.54. The van der Waals surface area contributed by atoms with Gasteiger partial charge in [0.2, 0.25) is 0 Å². The molecule has 0 fully saturated rings. The zero-order valence-electron chi connectivity index (χ0n) is 10.7. The largest absolute Gasteiger partial charge is 0.389 e. The first-order chi connectivity index (χ1) is 7.51. The van der Waals surface area contributed by atoms with Gasteiger partial charge in [-0.15, -0.1) is 0 Å². The van der Waals surface area contributed by atoms with Gasteiger partial charge < -0.3 is 14.8 Å². The van der Waals surface area contributed by atoms with Gasteiger partial charge in [-0.25, -0.2) is 4.57 Å². The van der Waals surface area contributed by atoms with Crippen molar-refractivity contribution in [3.05, 3.63) is 0 Å². The van der Waals surface area contributed by atoms with E-state index < -0.39 is 6.80 Å². The summed E-state index contributed by atoms with van der Waals surface area (Å²) in [6.07, 6.45) is 1.71. The summed E-state index contributed by atoms with van der Waals surface area (Å²) < 4.78 is 22.7. The molecule has 0 unspecified atom stereocenters. The fourth-order valence-electron chi connectivity index (χ4n) is 1.35. The van der Waals surface area contributed by atoms with E-state index in [1.54, 1.807) is 0 Å². The maximum atomic E-state index is 12.4. The van der Waals surface area contributed by atoms with Crippen LogP contribution in [-0.2, 0) is 13.6 Å². The van der Waals surface area contributed by atoms with Gasteiger partial charge in [-0.05, 0) is 38.1 Å². The van der Waals surface area contributed by atoms with Crippen LogP contribution in [0.1, 0.15) is 40.5 Å². The molecular formula is C10H24NO3PS. The van der Waals surface area contributed by atoms with Gasteiger partial charge in [-0.2, -0.15) is 0 Å². The first kappa shape index (κ1) is 16.5. The van der Waals surface area contributed by atoms with Crippen molar-refractivity contribution in [3.8, 4) is 0 Å². The Morgan fingerprint density at radius 1 is 1.12 bits per heavy atom.